The van der Waals surface area contributed by atoms with Crippen molar-refractivity contribution in [1.82, 2.24) is 30.2 Å². The van der Waals surface area contributed by atoms with Gasteiger partial charge < -0.3 is 24.8 Å². The summed E-state index contributed by atoms with van der Waals surface area (Å²) in [5.41, 5.74) is 1.96. The first-order chi connectivity index (χ1) is 13.7. The number of carbonyl (C=O) groups is 1. The predicted molar refractivity (Wildman–Crippen MR) is 106 cm³/mol. The van der Waals surface area contributed by atoms with Crippen LogP contribution in [0.2, 0.25) is 0 Å². The van der Waals surface area contributed by atoms with E-state index in [4.69, 9.17) is 4.74 Å². The van der Waals surface area contributed by atoms with Crippen molar-refractivity contribution >= 4 is 23.0 Å². The third kappa shape index (κ3) is 3.98. The first-order valence-electron chi connectivity index (χ1n) is 9.31. The molecule has 2 N–H and O–H groups in total. The molecular weight excluding hydrogens is 358 g/mol. The van der Waals surface area contributed by atoms with Crippen LogP contribution in [0.1, 0.15) is 5.82 Å². The van der Waals surface area contributed by atoms with Gasteiger partial charge in [-0.25, -0.2) is 14.8 Å². The molecule has 9 heteroatoms. The summed E-state index contributed by atoms with van der Waals surface area (Å²) in [6.07, 6.45) is 2.34. The second-order valence-electron chi connectivity index (χ2n) is 6.56. The zero-order valence-corrected chi connectivity index (χ0v) is 15.8. The van der Waals surface area contributed by atoms with Gasteiger partial charge >= 0.3 is 6.03 Å². The van der Waals surface area contributed by atoms with Crippen molar-refractivity contribution in [3.63, 3.8) is 0 Å². The number of imidazole rings is 1. The Morgan fingerprint density at radius 2 is 2.00 bits per heavy atom. The minimum absolute atomic E-state index is 0.0534. The SMILES string of the molecule is COc1ccnc(N2CCN(C(=O)NCCc3nc4ccccc4[nH]3)CC2)n1. The molecule has 0 saturated carbocycles. The van der Waals surface area contributed by atoms with Gasteiger partial charge in [-0.1, -0.05) is 12.1 Å². The summed E-state index contributed by atoms with van der Waals surface area (Å²) in [6, 6.07) is 9.57. The summed E-state index contributed by atoms with van der Waals surface area (Å²) >= 11 is 0. The number of benzene rings is 1. The second kappa shape index (κ2) is 8.12. The summed E-state index contributed by atoms with van der Waals surface area (Å²) in [7, 11) is 1.58. The van der Waals surface area contributed by atoms with Gasteiger partial charge in [0.15, 0.2) is 0 Å². The number of para-hydroxylation sites is 2. The van der Waals surface area contributed by atoms with E-state index in [0.29, 0.717) is 51.0 Å². The van der Waals surface area contributed by atoms with Crippen LogP contribution in [-0.2, 0) is 6.42 Å². The van der Waals surface area contributed by atoms with E-state index in [0.717, 1.165) is 16.9 Å². The number of rotatable bonds is 5. The van der Waals surface area contributed by atoms with Crippen LogP contribution in [0.4, 0.5) is 10.7 Å². The van der Waals surface area contributed by atoms with Crippen LogP contribution in [0.15, 0.2) is 36.5 Å². The van der Waals surface area contributed by atoms with Crippen molar-refractivity contribution in [1.29, 1.82) is 0 Å². The van der Waals surface area contributed by atoms with Crippen LogP contribution in [0, 0.1) is 0 Å². The fourth-order valence-electron chi connectivity index (χ4n) is 3.23. The monoisotopic (exact) mass is 381 g/mol. The standard InChI is InChI=1S/C19H23N7O2/c1-28-17-7-9-20-18(24-17)25-10-12-26(13-11-25)19(27)21-8-6-16-22-14-4-2-3-5-15(14)23-16/h2-5,7,9H,6,8,10-13H2,1H3,(H,21,27)(H,22,23). The number of nitrogens with one attached hydrogen (secondary N) is 2. The summed E-state index contributed by atoms with van der Waals surface area (Å²) in [4.78, 5) is 32.7. The van der Waals surface area contributed by atoms with E-state index in [9.17, 15) is 4.79 Å². The highest BCUT2D eigenvalue weighted by atomic mass is 16.5. The van der Waals surface area contributed by atoms with Gasteiger partial charge in [-0.05, 0) is 12.1 Å². The molecule has 0 unspecified atom stereocenters. The van der Waals surface area contributed by atoms with E-state index >= 15 is 0 Å². The molecule has 1 aliphatic heterocycles. The number of H-pyrrole nitrogens is 1. The van der Waals surface area contributed by atoms with Crippen LogP contribution in [0.3, 0.4) is 0 Å². The molecule has 2 amide bonds. The molecular formula is C19H23N7O2. The van der Waals surface area contributed by atoms with Crippen LogP contribution >= 0.6 is 0 Å². The van der Waals surface area contributed by atoms with E-state index in [2.05, 4.69) is 30.2 Å². The van der Waals surface area contributed by atoms with Crippen LogP contribution in [0.5, 0.6) is 5.88 Å². The largest absolute Gasteiger partial charge is 0.481 e. The summed E-state index contributed by atoms with van der Waals surface area (Å²) in [5.74, 6) is 2.04. The highest BCUT2D eigenvalue weighted by Gasteiger charge is 2.22. The lowest BCUT2D eigenvalue weighted by atomic mass is 10.3. The number of aromatic amines is 1. The Hall–Kier alpha value is -3.36. The van der Waals surface area contributed by atoms with Gasteiger partial charge in [0.05, 0.1) is 18.1 Å². The third-order valence-electron chi connectivity index (χ3n) is 4.75. The van der Waals surface area contributed by atoms with E-state index < -0.39 is 0 Å². The van der Waals surface area contributed by atoms with Gasteiger partial charge in [-0.15, -0.1) is 0 Å². The minimum atomic E-state index is -0.0534. The van der Waals surface area contributed by atoms with Crippen molar-refractivity contribution in [2.45, 2.75) is 6.42 Å². The van der Waals surface area contributed by atoms with Gasteiger partial charge in [0.1, 0.15) is 5.82 Å². The number of methoxy groups -OCH3 is 1. The Kier molecular flexibility index (Phi) is 5.22. The summed E-state index contributed by atoms with van der Waals surface area (Å²) in [6.45, 7) is 3.15. The molecule has 1 aromatic carbocycles. The average molecular weight is 381 g/mol. The maximum Gasteiger partial charge on any atom is 0.317 e. The number of hydrogen-bond donors (Lipinski definition) is 2. The van der Waals surface area contributed by atoms with Crippen molar-refractivity contribution in [3.8, 4) is 5.88 Å². The molecule has 2 aromatic heterocycles. The molecule has 1 fully saturated rings. The average Bonchev–Trinajstić information content (AvgIpc) is 3.16. The maximum absolute atomic E-state index is 12.4. The molecule has 9 nitrogen and oxygen atoms in total. The highest BCUT2D eigenvalue weighted by molar-refractivity contribution is 5.75. The Bertz CT molecular complexity index is 917. The van der Waals surface area contributed by atoms with Crippen molar-refractivity contribution in [3.05, 3.63) is 42.4 Å². The lowest BCUT2D eigenvalue weighted by Crippen LogP contribution is -2.52. The zero-order chi connectivity index (χ0) is 19.3. The van der Waals surface area contributed by atoms with Crippen LogP contribution in [-0.4, -0.2) is 70.7 Å². The number of anilines is 1. The Labute approximate surface area is 162 Å². The molecule has 4 rings (SSSR count). The van der Waals surface area contributed by atoms with Crippen LogP contribution in [0.25, 0.3) is 11.0 Å². The van der Waals surface area contributed by atoms with Gasteiger partial charge in [0.2, 0.25) is 11.8 Å². The normalized spacial score (nSPS) is 14.3. The molecule has 0 aliphatic carbocycles. The zero-order valence-electron chi connectivity index (χ0n) is 15.8. The van der Waals surface area contributed by atoms with Gasteiger partial charge in [0, 0.05) is 51.4 Å². The Balaban J connectivity index is 1.24. The minimum Gasteiger partial charge on any atom is -0.481 e. The van der Waals surface area contributed by atoms with Crippen molar-refractivity contribution in [2.75, 3.05) is 44.7 Å². The van der Waals surface area contributed by atoms with Gasteiger partial charge in [-0.2, -0.15) is 4.98 Å². The molecule has 3 aromatic rings. The molecule has 1 aliphatic rings. The number of nitrogens with zero attached hydrogens (tertiary/aromatic N) is 5. The number of aromatic nitrogens is 4. The summed E-state index contributed by atoms with van der Waals surface area (Å²) in [5, 5.41) is 2.98. The van der Waals surface area contributed by atoms with Gasteiger partial charge in [-0.3, -0.25) is 0 Å². The number of carbonyl (C=O) groups excluding carboxylic acids is 1. The lowest BCUT2D eigenvalue weighted by Gasteiger charge is -2.34. The molecule has 28 heavy (non-hydrogen) atoms. The first-order valence-corrected chi connectivity index (χ1v) is 9.31. The number of hydrogen-bond acceptors (Lipinski definition) is 6. The topological polar surface area (TPSA) is 99.3 Å². The number of fused-ring (bicyclic) bond motifs is 1. The number of amides is 2. The van der Waals surface area contributed by atoms with E-state index in [1.807, 2.05) is 29.2 Å². The number of piperazine rings is 1. The number of urea groups is 1. The summed E-state index contributed by atoms with van der Waals surface area (Å²) < 4.78 is 5.15. The van der Waals surface area contributed by atoms with Crippen molar-refractivity contribution < 1.29 is 9.53 Å². The first kappa shape index (κ1) is 18.0. The van der Waals surface area contributed by atoms with Crippen LogP contribution < -0.4 is 15.0 Å². The molecule has 0 spiro atoms. The molecule has 0 bridgehead atoms. The molecule has 3 heterocycles. The molecule has 146 valence electrons. The third-order valence-corrected chi connectivity index (χ3v) is 4.75. The fourth-order valence-corrected chi connectivity index (χ4v) is 3.23. The predicted octanol–water partition coefficient (Wildman–Crippen LogP) is 1.44. The number of ether oxygens (including phenoxy) is 1. The maximum atomic E-state index is 12.4. The van der Waals surface area contributed by atoms with Gasteiger partial charge in [0.25, 0.3) is 0 Å². The second-order valence-corrected chi connectivity index (χ2v) is 6.56. The lowest BCUT2D eigenvalue weighted by molar-refractivity contribution is 0.194. The molecule has 1 saturated heterocycles. The highest BCUT2D eigenvalue weighted by Crippen LogP contribution is 2.14. The molecule has 0 radical (unpaired) electrons. The smallest absolute Gasteiger partial charge is 0.317 e. The Morgan fingerprint density at radius 1 is 1.18 bits per heavy atom. The van der Waals surface area contributed by atoms with Crippen molar-refractivity contribution in [2.24, 2.45) is 0 Å². The van der Waals surface area contributed by atoms with E-state index in [1.165, 1.54) is 0 Å². The molecule has 0 atom stereocenters. The quantitative estimate of drug-likeness (QED) is 0.694. The fraction of sp³-hybridized carbons (Fsp3) is 0.368. The Morgan fingerprint density at radius 3 is 2.79 bits per heavy atom. The van der Waals surface area contributed by atoms with E-state index in [-0.39, 0.29) is 6.03 Å². The van der Waals surface area contributed by atoms with E-state index in [1.54, 1.807) is 19.4 Å².